The van der Waals surface area contributed by atoms with E-state index >= 15 is 0 Å². The third kappa shape index (κ3) is 139. The monoisotopic (exact) mass is 832 g/mol. The van der Waals surface area contributed by atoms with Gasteiger partial charge in [-0.2, -0.15) is 0 Å². The van der Waals surface area contributed by atoms with Crippen molar-refractivity contribution in [2.45, 2.75) is 0 Å². The van der Waals surface area contributed by atoms with Crippen LogP contribution in [0.15, 0.2) is 0 Å². The van der Waals surface area contributed by atoms with E-state index in [9.17, 15) is 0 Å². The third-order valence-corrected chi connectivity index (χ3v) is 0. The van der Waals surface area contributed by atoms with Crippen molar-refractivity contribution in [1.29, 1.82) is 0 Å². The fraction of sp³-hybridized carbons (Fsp3) is 0. The van der Waals surface area contributed by atoms with Gasteiger partial charge in [-0.15, -0.1) is 0 Å². The van der Waals surface area contributed by atoms with Crippen LogP contribution in [-0.4, -0.2) is 143 Å². The molecule has 0 heterocycles. The first-order chi connectivity index (χ1) is 0. The summed E-state index contributed by atoms with van der Waals surface area (Å²) < 4.78 is 0. The maximum atomic E-state index is 0. The molecule has 0 spiro atoms. The second kappa shape index (κ2) is 158. The molecule has 78 valence electrons. The van der Waals surface area contributed by atoms with Crippen LogP contribution in [0.3, 0.4) is 0 Å². The van der Waals surface area contributed by atoms with Crippen LogP contribution in [0.25, 0.3) is 0 Å². The zero-order valence-electron chi connectivity index (χ0n) is 5.77. The summed E-state index contributed by atoms with van der Waals surface area (Å²) in [6.07, 6.45) is 0. The van der Waals surface area contributed by atoms with Crippen molar-refractivity contribution in [2.75, 3.05) is 0 Å². The fourth-order valence-electron chi connectivity index (χ4n) is 0. The summed E-state index contributed by atoms with van der Waals surface area (Å²) in [6.45, 7) is 0. The molecule has 0 unspecified atom stereocenters. The molecule has 0 aliphatic carbocycles. The molecular weight excluding hydrogens is 832 g/mol. The van der Waals surface area contributed by atoms with Gasteiger partial charge >= 0.3 is 178 Å². The topological polar surface area (TPSA) is 200 Å². The van der Waals surface area contributed by atoms with Gasteiger partial charge in [0.05, 0.1) is 0 Å². The molecule has 0 aromatic rings. The summed E-state index contributed by atoms with van der Waals surface area (Å²) in [4.78, 5) is 0. The van der Waals surface area contributed by atoms with Crippen molar-refractivity contribution in [2.24, 2.45) is 0 Å². The maximum absolute atomic E-state index is 0. The molecule has 0 saturated carbocycles. The van der Waals surface area contributed by atoms with Gasteiger partial charge in [-0.05, 0) is 0 Å². The van der Waals surface area contributed by atoms with E-state index in [0.717, 1.165) is 0 Å². The summed E-state index contributed by atoms with van der Waals surface area (Å²) in [5.41, 5.74) is 0. The van der Waals surface area contributed by atoms with Crippen LogP contribution in [0.5, 0.6) is 0 Å². The molecular formula is Bi2Cu2O7Sr2. The molecule has 0 aliphatic heterocycles. The molecule has 0 aromatic carbocycles. The summed E-state index contributed by atoms with van der Waals surface area (Å²) in [5, 5.41) is 0. The molecule has 0 rings (SSSR count). The smallest absolute Gasteiger partial charge is 2.00 e. The summed E-state index contributed by atoms with van der Waals surface area (Å²) in [5.74, 6) is 0. The Morgan fingerprint density at radius 2 is 0.308 bits per heavy atom. The first-order valence-corrected chi connectivity index (χ1v) is 0. The molecule has 0 saturated heterocycles. The predicted molar refractivity (Wildman–Crippen MR) is 27.8 cm³/mol. The van der Waals surface area contributed by atoms with Crippen LogP contribution in [0.2, 0.25) is 0 Å². The van der Waals surface area contributed by atoms with Gasteiger partial charge in [0.15, 0.2) is 0 Å². The molecule has 0 N–H and O–H groups in total. The summed E-state index contributed by atoms with van der Waals surface area (Å²) in [7, 11) is 0. The van der Waals surface area contributed by atoms with Crippen molar-refractivity contribution in [3.63, 3.8) is 0 Å². The SMILES string of the molecule is [Bi+3].[Bi+3].[Cu+2].[Cu+2].[O-2].[O-2].[O-2].[O-2].[O-2].[O-2].[O-2].[Sr+2].[Sr+2]. The largest absolute Gasteiger partial charge is 3.00 e. The molecule has 0 aromatic heterocycles. The molecule has 13 heavy (non-hydrogen) atoms. The van der Waals surface area contributed by atoms with Crippen LogP contribution in [-0.2, 0) is 72.5 Å². The Bertz CT molecular complexity index is 22.5. The van der Waals surface area contributed by atoms with Crippen molar-refractivity contribution in [3.05, 3.63) is 0 Å². The van der Waals surface area contributed by atoms with E-state index in [1.165, 1.54) is 0 Å². The minimum Gasteiger partial charge on any atom is -2.00 e. The molecule has 0 atom stereocenters. The van der Waals surface area contributed by atoms with Gasteiger partial charge in [0, 0.05) is 0 Å². The Hall–Kier alpha value is 5.49. The Labute approximate surface area is 210 Å². The van der Waals surface area contributed by atoms with Crippen LogP contribution < -0.4 is 0 Å². The average Bonchev–Trinajstić information content (AvgIpc) is 0. The quantitative estimate of drug-likeness (QED) is 0.236. The maximum Gasteiger partial charge on any atom is 3.00 e. The molecule has 0 bridgehead atoms. The molecule has 7 nitrogen and oxygen atoms in total. The van der Waals surface area contributed by atoms with Crippen LogP contribution in [0.1, 0.15) is 0 Å². The van der Waals surface area contributed by atoms with Crippen molar-refractivity contribution < 1.29 is 72.5 Å². The number of hydrogen-bond acceptors (Lipinski definition) is 0. The standard InChI is InChI=1S/2Bi.2Cu.7O.2Sr/q2*+3;2*+2;7*-2;2*+2. The summed E-state index contributed by atoms with van der Waals surface area (Å²) in [6, 6.07) is 0. The predicted octanol–water partition coefficient (Wildman–Crippen LogP) is -2.36. The second-order valence-corrected chi connectivity index (χ2v) is 0. The minimum absolute atomic E-state index is 0. The zero-order chi connectivity index (χ0) is 0. The van der Waals surface area contributed by atoms with E-state index in [1.54, 1.807) is 0 Å². The summed E-state index contributed by atoms with van der Waals surface area (Å²) >= 11 is 0. The Morgan fingerprint density at radius 1 is 0.308 bits per heavy atom. The molecule has 0 amide bonds. The van der Waals surface area contributed by atoms with Crippen LogP contribution in [0.4, 0.5) is 0 Å². The molecule has 13 heteroatoms. The third-order valence-electron chi connectivity index (χ3n) is 0. The second-order valence-electron chi connectivity index (χ2n) is 0. The first-order valence-electron chi connectivity index (χ1n) is 0. The Kier molecular flexibility index (Phi) is 2280. The van der Waals surface area contributed by atoms with E-state index in [4.69, 9.17) is 0 Å². The van der Waals surface area contributed by atoms with Crippen molar-refractivity contribution in [3.8, 4) is 0 Å². The van der Waals surface area contributed by atoms with Crippen LogP contribution >= 0.6 is 0 Å². The van der Waals surface area contributed by atoms with Gasteiger partial charge in [0.2, 0.25) is 0 Å². The Morgan fingerprint density at radius 3 is 0.308 bits per heavy atom. The zero-order valence-corrected chi connectivity index (χ0v) is 21.6. The number of rotatable bonds is 0. The van der Waals surface area contributed by atoms with Crippen LogP contribution in [0, 0.1) is 0 Å². The van der Waals surface area contributed by atoms with E-state index in [2.05, 4.69) is 0 Å². The van der Waals surface area contributed by atoms with Gasteiger partial charge in [0.1, 0.15) is 0 Å². The van der Waals surface area contributed by atoms with Gasteiger partial charge in [-0.3, -0.25) is 0 Å². The Balaban J connectivity index is 0. The fourth-order valence-corrected chi connectivity index (χ4v) is 0. The van der Waals surface area contributed by atoms with Gasteiger partial charge < -0.3 is 38.3 Å². The molecule has 0 aliphatic rings. The van der Waals surface area contributed by atoms with Crippen molar-refractivity contribution >= 4 is 143 Å². The van der Waals surface area contributed by atoms with E-state index in [0.29, 0.717) is 0 Å². The van der Waals surface area contributed by atoms with Crippen molar-refractivity contribution in [1.82, 2.24) is 0 Å². The van der Waals surface area contributed by atoms with E-state index in [-0.39, 0.29) is 216 Å². The van der Waals surface area contributed by atoms with Gasteiger partial charge in [0.25, 0.3) is 0 Å². The van der Waals surface area contributed by atoms with E-state index in [1.807, 2.05) is 0 Å². The average molecular weight is 832 g/mol. The van der Waals surface area contributed by atoms with Gasteiger partial charge in [-0.25, -0.2) is 0 Å². The first kappa shape index (κ1) is 188. The molecule has 0 fully saturated rings. The van der Waals surface area contributed by atoms with E-state index < -0.39 is 0 Å². The number of hydrogen-bond donors (Lipinski definition) is 0. The van der Waals surface area contributed by atoms with Gasteiger partial charge in [-0.1, -0.05) is 0 Å². The minimum atomic E-state index is 0. The normalized spacial score (nSPS) is 0. The molecule has 6 radical (unpaired) electrons.